The van der Waals surface area contributed by atoms with Gasteiger partial charge in [-0.25, -0.2) is 4.98 Å². The molecule has 3 aliphatic rings. The van der Waals surface area contributed by atoms with E-state index >= 15 is 0 Å². The van der Waals surface area contributed by atoms with Crippen LogP contribution in [0.5, 0.6) is 0 Å². The Morgan fingerprint density at radius 1 is 1.23 bits per heavy atom. The average Bonchev–Trinajstić information content (AvgIpc) is 3.13. The highest BCUT2D eigenvalue weighted by atomic mass is 16.5. The van der Waals surface area contributed by atoms with E-state index in [0.29, 0.717) is 12.5 Å². The van der Waals surface area contributed by atoms with Crippen molar-refractivity contribution < 1.29 is 9.53 Å². The molecule has 1 amide bonds. The molecule has 0 aliphatic carbocycles. The van der Waals surface area contributed by atoms with Gasteiger partial charge in [-0.05, 0) is 38.0 Å². The summed E-state index contributed by atoms with van der Waals surface area (Å²) >= 11 is 0. The third kappa shape index (κ3) is 3.41. The minimum atomic E-state index is -0.397. The van der Waals surface area contributed by atoms with Gasteiger partial charge >= 0.3 is 0 Å². The Hall–Kier alpha value is -1.40. The summed E-state index contributed by atoms with van der Waals surface area (Å²) in [7, 11) is 0. The van der Waals surface area contributed by atoms with Gasteiger partial charge in [0.15, 0.2) is 6.10 Å². The van der Waals surface area contributed by atoms with Crippen LogP contribution in [-0.2, 0) is 21.7 Å². The molecule has 1 aromatic heterocycles. The van der Waals surface area contributed by atoms with Gasteiger partial charge in [0, 0.05) is 45.1 Å². The normalized spacial score (nSPS) is 26.3. The Morgan fingerprint density at radius 2 is 1.96 bits per heavy atom. The quantitative estimate of drug-likeness (QED) is 0.830. The van der Waals surface area contributed by atoms with Crippen molar-refractivity contribution in [1.82, 2.24) is 19.4 Å². The zero-order valence-electron chi connectivity index (χ0n) is 16.2. The van der Waals surface area contributed by atoms with E-state index in [9.17, 15) is 4.79 Å². The molecule has 0 aromatic carbocycles. The minimum absolute atomic E-state index is 0.174. The Morgan fingerprint density at radius 3 is 2.65 bits per heavy atom. The Balaban J connectivity index is 1.51. The molecule has 6 nitrogen and oxygen atoms in total. The SMILES string of the molecule is CC(C)CN1CCC2(CC1)O[C@H](C(=O)N1CCCCC1)Cn1ccnc12. The minimum Gasteiger partial charge on any atom is -0.352 e. The van der Waals surface area contributed by atoms with E-state index in [2.05, 4.69) is 28.3 Å². The lowest BCUT2D eigenvalue weighted by Gasteiger charge is -2.46. The van der Waals surface area contributed by atoms with Gasteiger partial charge in [-0.15, -0.1) is 0 Å². The van der Waals surface area contributed by atoms with Crippen molar-refractivity contribution in [2.24, 2.45) is 5.92 Å². The van der Waals surface area contributed by atoms with Gasteiger partial charge in [0.1, 0.15) is 11.4 Å². The zero-order chi connectivity index (χ0) is 18.1. The van der Waals surface area contributed by atoms with E-state index in [1.807, 2.05) is 17.3 Å². The Labute approximate surface area is 156 Å². The summed E-state index contributed by atoms with van der Waals surface area (Å²) in [5, 5.41) is 0. The summed E-state index contributed by atoms with van der Waals surface area (Å²) in [6, 6.07) is 0. The van der Waals surface area contributed by atoms with Gasteiger partial charge < -0.3 is 19.1 Å². The predicted molar refractivity (Wildman–Crippen MR) is 99.7 cm³/mol. The van der Waals surface area contributed by atoms with E-state index in [0.717, 1.165) is 64.2 Å². The highest BCUT2D eigenvalue weighted by molar-refractivity contribution is 5.81. The molecule has 4 rings (SSSR count). The lowest BCUT2D eigenvalue weighted by molar-refractivity contribution is -0.182. The van der Waals surface area contributed by atoms with E-state index in [1.165, 1.54) is 6.42 Å². The number of hydrogen-bond acceptors (Lipinski definition) is 4. The molecule has 1 aromatic rings. The lowest BCUT2D eigenvalue weighted by Crippen LogP contribution is -2.55. The summed E-state index contributed by atoms with van der Waals surface area (Å²) < 4.78 is 8.73. The van der Waals surface area contributed by atoms with E-state index in [-0.39, 0.29) is 12.0 Å². The summed E-state index contributed by atoms with van der Waals surface area (Å²) in [6.07, 6.45) is 8.79. The first-order chi connectivity index (χ1) is 12.6. The molecule has 144 valence electrons. The van der Waals surface area contributed by atoms with Crippen molar-refractivity contribution in [2.75, 3.05) is 32.7 Å². The molecular weight excluding hydrogens is 328 g/mol. The summed E-state index contributed by atoms with van der Waals surface area (Å²) in [6.45, 7) is 10.0. The second-order valence-electron chi connectivity index (χ2n) is 8.58. The summed E-state index contributed by atoms with van der Waals surface area (Å²) in [5.74, 6) is 1.86. The molecule has 2 fully saturated rings. The summed E-state index contributed by atoms with van der Waals surface area (Å²) in [5.41, 5.74) is -0.397. The second kappa shape index (κ2) is 7.31. The predicted octanol–water partition coefficient (Wildman–Crippen LogP) is 2.24. The number of carbonyl (C=O) groups excluding carboxylic acids is 1. The maximum atomic E-state index is 13.1. The first kappa shape index (κ1) is 18.0. The fraction of sp³-hybridized carbons (Fsp3) is 0.800. The van der Waals surface area contributed by atoms with Crippen LogP contribution in [0, 0.1) is 5.92 Å². The highest BCUT2D eigenvalue weighted by Gasteiger charge is 2.47. The van der Waals surface area contributed by atoms with Gasteiger partial charge in [0.2, 0.25) is 0 Å². The van der Waals surface area contributed by atoms with Crippen molar-refractivity contribution in [3.05, 3.63) is 18.2 Å². The van der Waals surface area contributed by atoms with E-state index in [1.54, 1.807) is 0 Å². The van der Waals surface area contributed by atoms with Crippen LogP contribution in [0.15, 0.2) is 12.4 Å². The van der Waals surface area contributed by atoms with Gasteiger partial charge in [-0.2, -0.15) is 0 Å². The topological polar surface area (TPSA) is 50.6 Å². The fourth-order valence-corrected chi connectivity index (χ4v) is 4.80. The lowest BCUT2D eigenvalue weighted by atomic mass is 9.88. The van der Waals surface area contributed by atoms with Gasteiger partial charge in [-0.1, -0.05) is 13.8 Å². The number of piperidine rings is 2. The van der Waals surface area contributed by atoms with Crippen LogP contribution in [0.3, 0.4) is 0 Å². The third-order valence-corrected chi connectivity index (χ3v) is 6.08. The second-order valence-corrected chi connectivity index (χ2v) is 8.58. The molecule has 26 heavy (non-hydrogen) atoms. The molecule has 2 saturated heterocycles. The number of likely N-dealkylation sites (tertiary alicyclic amines) is 2. The molecule has 0 saturated carbocycles. The van der Waals surface area contributed by atoms with Gasteiger partial charge in [0.25, 0.3) is 5.91 Å². The number of hydrogen-bond donors (Lipinski definition) is 0. The number of amides is 1. The molecule has 0 unspecified atom stereocenters. The molecule has 1 atom stereocenters. The monoisotopic (exact) mass is 360 g/mol. The zero-order valence-corrected chi connectivity index (χ0v) is 16.2. The molecule has 0 radical (unpaired) electrons. The van der Waals surface area contributed by atoms with Gasteiger partial charge in [0.05, 0.1) is 6.54 Å². The maximum absolute atomic E-state index is 13.1. The van der Waals surface area contributed by atoms with Crippen LogP contribution in [-0.4, -0.2) is 64.1 Å². The van der Waals surface area contributed by atoms with Crippen LogP contribution < -0.4 is 0 Å². The first-order valence-corrected chi connectivity index (χ1v) is 10.3. The van der Waals surface area contributed by atoms with Crippen LogP contribution >= 0.6 is 0 Å². The average molecular weight is 361 g/mol. The molecular formula is C20H32N4O2. The largest absolute Gasteiger partial charge is 0.352 e. The fourth-order valence-electron chi connectivity index (χ4n) is 4.80. The molecule has 6 heteroatoms. The number of carbonyl (C=O) groups is 1. The van der Waals surface area contributed by atoms with Crippen LogP contribution in [0.25, 0.3) is 0 Å². The smallest absolute Gasteiger partial charge is 0.253 e. The van der Waals surface area contributed by atoms with Crippen LogP contribution in [0.2, 0.25) is 0 Å². The molecule has 4 heterocycles. The first-order valence-electron chi connectivity index (χ1n) is 10.3. The molecule has 1 spiro atoms. The number of ether oxygens (including phenoxy) is 1. The highest BCUT2D eigenvalue weighted by Crippen LogP contribution is 2.40. The number of rotatable bonds is 3. The van der Waals surface area contributed by atoms with Crippen LogP contribution in [0.4, 0.5) is 0 Å². The van der Waals surface area contributed by atoms with Crippen LogP contribution in [0.1, 0.15) is 51.8 Å². The van der Waals surface area contributed by atoms with E-state index < -0.39 is 5.60 Å². The number of nitrogens with zero attached hydrogens (tertiary/aromatic N) is 4. The number of aromatic nitrogens is 2. The third-order valence-electron chi connectivity index (χ3n) is 6.08. The summed E-state index contributed by atoms with van der Waals surface area (Å²) in [4.78, 5) is 22.2. The Kier molecular flexibility index (Phi) is 5.06. The van der Waals surface area contributed by atoms with Crippen molar-refractivity contribution in [3.63, 3.8) is 0 Å². The van der Waals surface area contributed by atoms with Crippen molar-refractivity contribution in [2.45, 2.75) is 64.2 Å². The standard InChI is InChI=1S/C20H32N4O2/c1-16(2)14-22-11-6-20(7-12-22)19-21-8-13-24(19)15-17(26-20)18(25)23-9-4-3-5-10-23/h8,13,16-17H,3-7,9-12,14-15H2,1-2H3/t17-/m0/s1. The molecule has 3 aliphatic heterocycles. The van der Waals surface area contributed by atoms with E-state index in [4.69, 9.17) is 4.74 Å². The Bertz CT molecular complexity index is 628. The van der Waals surface area contributed by atoms with Crippen molar-refractivity contribution in [3.8, 4) is 0 Å². The van der Waals surface area contributed by atoms with Crippen molar-refractivity contribution >= 4 is 5.91 Å². The van der Waals surface area contributed by atoms with Crippen molar-refractivity contribution in [1.29, 1.82) is 0 Å². The number of imidazole rings is 1. The molecule has 0 bridgehead atoms. The van der Waals surface area contributed by atoms with Gasteiger partial charge in [-0.3, -0.25) is 4.79 Å². The molecule has 0 N–H and O–H groups in total. The number of fused-ring (bicyclic) bond motifs is 2. The maximum Gasteiger partial charge on any atom is 0.253 e.